The maximum atomic E-state index is 10.9. The molecule has 1 aromatic heterocycles. The number of aryl methyl sites for hydroxylation is 1. The summed E-state index contributed by atoms with van der Waals surface area (Å²) >= 11 is 0. The zero-order valence-corrected chi connectivity index (χ0v) is 8.96. The Kier molecular flexibility index (Phi) is 2.55. The van der Waals surface area contributed by atoms with E-state index in [1.807, 2.05) is 33.8 Å². The van der Waals surface area contributed by atoms with Gasteiger partial charge in [-0.25, -0.2) is 9.97 Å². The van der Waals surface area contributed by atoms with Crippen LogP contribution in [0.2, 0.25) is 0 Å². The summed E-state index contributed by atoms with van der Waals surface area (Å²) in [6.07, 6.45) is 0. The third kappa shape index (κ3) is 2.28. The highest BCUT2D eigenvalue weighted by atomic mass is 16.1. The molecule has 1 amide bonds. The van der Waals surface area contributed by atoms with Gasteiger partial charge in [-0.2, -0.15) is 0 Å². The minimum absolute atomic E-state index is 0.0925. The normalized spacial score (nSPS) is 11.4. The number of carbonyl (C=O) groups excluding carboxylic acids is 1. The highest BCUT2D eigenvalue weighted by Crippen LogP contribution is 2.20. The van der Waals surface area contributed by atoms with Gasteiger partial charge in [-0.15, -0.1) is 0 Å². The van der Waals surface area contributed by atoms with Gasteiger partial charge in [-0.3, -0.25) is 4.79 Å². The lowest BCUT2D eigenvalue weighted by molar-refractivity contribution is 0.0989. The number of amides is 1. The molecule has 76 valence electrons. The molecule has 2 N–H and O–H groups in total. The summed E-state index contributed by atoms with van der Waals surface area (Å²) in [5, 5.41) is 0. The first-order chi connectivity index (χ1) is 6.30. The molecule has 4 heteroatoms. The smallest absolute Gasteiger partial charge is 0.286 e. The van der Waals surface area contributed by atoms with E-state index in [1.54, 1.807) is 0 Å². The number of primary amides is 1. The van der Waals surface area contributed by atoms with Crippen molar-refractivity contribution in [3.63, 3.8) is 0 Å². The van der Waals surface area contributed by atoms with Crippen molar-refractivity contribution in [2.75, 3.05) is 0 Å². The fraction of sp³-hybridized carbons (Fsp3) is 0.500. The van der Waals surface area contributed by atoms with Crippen molar-refractivity contribution in [2.45, 2.75) is 33.1 Å². The van der Waals surface area contributed by atoms with Crippen molar-refractivity contribution in [1.82, 2.24) is 9.97 Å². The van der Waals surface area contributed by atoms with Gasteiger partial charge in [0.2, 0.25) is 5.82 Å². The second-order valence-electron chi connectivity index (χ2n) is 4.33. The molecule has 1 aromatic rings. The van der Waals surface area contributed by atoms with E-state index in [0.717, 1.165) is 11.4 Å². The molecule has 0 saturated carbocycles. The molecule has 0 saturated heterocycles. The molecule has 4 nitrogen and oxygen atoms in total. The van der Waals surface area contributed by atoms with Crippen LogP contribution in [-0.4, -0.2) is 15.9 Å². The monoisotopic (exact) mass is 193 g/mol. The van der Waals surface area contributed by atoms with Gasteiger partial charge in [0.15, 0.2) is 0 Å². The van der Waals surface area contributed by atoms with Crippen LogP contribution in [0.1, 0.15) is 42.8 Å². The molecule has 0 radical (unpaired) electrons. The van der Waals surface area contributed by atoms with Crippen LogP contribution in [0.5, 0.6) is 0 Å². The van der Waals surface area contributed by atoms with E-state index in [9.17, 15) is 4.79 Å². The van der Waals surface area contributed by atoms with E-state index in [2.05, 4.69) is 9.97 Å². The zero-order valence-electron chi connectivity index (χ0n) is 8.96. The fourth-order valence-corrected chi connectivity index (χ4v) is 1.06. The van der Waals surface area contributed by atoms with Crippen LogP contribution in [0.3, 0.4) is 0 Å². The summed E-state index contributed by atoms with van der Waals surface area (Å²) < 4.78 is 0. The molecule has 0 fully saturated rings. The van der Waals surface area contributed by atoms with Crippen molar-refractivity contribution in [1.29, 1.82) is 0 Å². The summed E-state index contributed by atoms with van der Waals surface area (Å²) in [7, 11) is 0. The number of nitrogens with two attached hydrogens (primary N) is 1. The van der Waals surface area contributed by atoms with Crippen molar-refractivity contribution < 1.29 is 4.79 Å². The minimum atomic E-state index is -0.584. The lowest BCUT2D eigenvalue weighted by Crippen LogP contribution is -2.21. The topological polar surface area (TPSA) is 68.9 Å². The molecule has 1 heterocycles. The second kappa shape index (κ2) is 3.36. The summed E-state index contributed by atoms with van der Waals surface area (Å²) in [6.45, 7) is 7.90. The van der Waals surface area contributed by atoms with Gasteiger partial charge in [0.25, 0.3) is 5.91 Å². The molecule has 1 rings (SSSR count). The summed E-state index contributed by atoms with van der Waals surface area (Å²) in [5.74, 6) is -0.492. The Labute approximate surface area is 83.6 Å². The predicted molar refractivity (Wildman–Crippen MR) is 54.0 cm³/mol. The van der Waals surface area contributed by atoms with Gasteiger partial charge < -0.3 is 5.73 Å². The van der Waals surface area contributed by atoms with Gasteiger partial charge in [0.05, 0.1) is 5.69 Å². The van der Waals surface area contributed by atoms with Crippen LogP contribution >= 0.6 is 0 Å². The number of carbonyl (C=O) groups is 1. The van der Waals surface area contributed by atoms with Gasteiger partial charge in [-0.05, 0) is 13.0 Å². The first-order valence-corrected chi connectivity index (χ1v) is 4.46. The predicted octanol–water partition coefficient (Wildman–Crippen LogP) is 1.18. The third-order valence-corrected chi connectivity index (χ3v) is 1.84. The first-order valence-electron chi connectivity index (χ1n) is 4.46. The average Bonchev–Trinajstić information content (AvgIpc) is 2.01. The van der Waals surface area contributed by atoms with Crippen LogP contribution in [0.15, 0.2) is 6.07 Å². The summed E-state index contributed by atoms with van der Waals surface area (Å²) in [4.78, 5) is 19.0. The molecule has 0 unspecified atom stereocenters. The van der Waals surface area contributed by atoms with Crippen LogP contribution < -0.4 is 5.73 Å². The Morgan fingerprint density at radius 3 is 2.36 bits per heavy atom. The highest BCUT2D eigenvalue weighted by Gasteiger charge is 2.18. The minimum Gasteiger partial charge on any atom is -0.363 e. The number of hydrogen-bond donors (Lipinski definition) is 1. The molecular weight excluding hydrogens is 178 g/mol. The van der Waals surface area contributed by atoms with Gasteiger partial charge in [0, 0.05) is 11.1 Å². The molecule has 0 bridgehead atoms. The Morgan fingerprint density at radius 2 is 1.93 bits per heavy atom. The standard InChI is InChI=1S/C10H15N3O/c1-6-5-7(10(2,3)4)13-9(12-6)8(11)14/h5H,1-4H3,(H2,11,14). The van der Waals surface area contributed by atoms with Crippen LogP contribution in [0, 0.1) is 6.92 Å². The zero-order chi connectivity index (χ0) is 10.9. The summed E-state index contributed by atoms with van der Waals surface area (Å²) in [5.41, 5.74) is 6.63. The lowest BCUT2D eigenvalue weighted by Gasteiger charge is -2.18. The molecule has 0 aromatic carbocycles. The summed E-state index contributed by atoms with van der Waals surface area (Å²) in [6, 6.07) is 1.87. The maximum absolute atomic E-state index is 10.9. The Bertz CT molecular complexity index is 366. The quantitative estimate of drug-likeness (QED) is 0.728. The van der Waals surface area contributed by atoms with E-state index in [0.29, 0.717) is 0 Å². The van der Waals surface area contributed by atoms with Crippen LogP contribution in [0.25, 0.3) is 0 Å². The number of rotatable bonds is 1. The van der Waals surface area contributed by atoms with Gasteiger partial charge in [0.1, 0.15) is 0 Å². The van der Waals surface area contributed by atoms with E-state index >= 15 is 0 Å². The van der Waals surface area contributed by atoms with Gasteiger partial charge >= 0.3 is 0 Å². The van der Waals surface area contributed by atoms with Gasteiger partial charge in [-0.1, -0.05) is 20.8 Å². The highest BCUT2D eigenvalue weighted by molar-refractivity contribution is 5.88. The number of aromatic nitrogens is 2. The third-order valence-electron chi connectivity index (χ3n) is 1.84. The molecule has 0 aliphatic carbocycles. The maximum Gasteiger partial charge on any atom is 0.286 e. The Hall–Kier alpha value is -1.45. The second-order valence-corrected chi connectivity index (χ2v) is 4.33. The molecule has 0 aliphatic rings. The average molecular weight is 193 g/mol. The van der Waals surface area contributed by atoms with Crippen molar-refractivity contribution >= 4 is 5.91 Å². The van der Waals surface area contributed by atoms with Crippen LogP contribution in [-0.2, 0) is 5.41 Å². The Morgan fingerprint density at radius 1 is 1.36 bits per heavy atom. The largest absolute Gasteiger partial charge is 0.363 e. The molecular formula is C10H15N3O. The Balaban J connectivity index is 3.28. The van der Waals surface area contributed by atoms with E-state index in [4.69, 9.17) is 5.73 Å². The van der Waals surface area contributed by atoms with E-state index in [1.165, 1.54) is 0 Å². The SMILES string of the molecule is Cc1cc(C(C)(C)C)nc(C(N)=O)n1. The van der Waals surface area contributed by atoms with E-state index < -0.39 is 5.91 Å². The van der Waals surface area contributed by atoms with Crippen molar-refractivity contribution in [3.8, 4) is 0 Å². The van der Waals surface area contributed by atoms with Crippen LogP contribution in [0.4, 0.5) is 0 Å². The fourth-order valence-electron chi connectivity index (χ4n) is 1.06. The number of hydrogen-bond acceptors (Lipinski definition) is 3. The van der Waals surface area contributed by atoms with Crippen molar-refractivity contribution in [3.05, 3.63) is 23.3 Å². The van der Waals surface area contributed by atoms with E-state index in [-0.39, 0.29) is 11.2 Å². The molecule has 0 spiro atoms. The van der Waals surface area contributed by atoms with Crippen molar-refractivity contribution in [2.24, 2.45) is 5.73 Å². The molecule has 0 atom stereocenters. The molecule has 0 aliphatic heterocycles. The first kappa shape index (κ1) is 10.6. The lowest BCUT2D eigenvalue weighted by atomic mass is 9.91. The number of nitrogens with zero attached hydrogens (tertiary/aromatic N) is 2. The molecule has 14 heavy (non-hydrogen) atoms.